The Morgan fingerprint density at radius 3 is 2.44 bits per heavy atom. The van der Waals surface area contributed by atoms with Crippen LogP contribution in [0.25, 0.3) is 0 Å². The highest BCUT2D eigenvalue weighted by Gasteiger charge is 2.21. The molecule has 1 amide bonds. The highest BCUT2D eigenvalue weighted by Crippen LogP contribution is 2.28. The maximum absolute atomic E-state index is 12.7. The lowest BCUT2D eigenvalue weighted by Gasteiger charge is -2.19. The van der Waals surface area contributed by atoms with Crippen molar-refractivity contribution in [2.24, 2.45) is 0 Å². The van der Waals surface area contributed by atoms with Gasteiger partial charge in [0.15, 0.2) is 6.10 Å². The first-order valence-electron chi connectivity index (χ1n) is 10.5. The number of rotatable bonds is 8. The zero-order valence-electron chi connectivity index (χ0n) is 19.0. The summed E-state index contributed by atoms with van der Waals surface area (Å²) < 4.78 is 5.42. The molecular formula is C25H28N2O3S2. The Bertz CT molecular complexity index is 1090. The number of anilines is 1. The third kappa shape index (κ3) is 6.20. The number of nitrogens with one attached hydrogen (secondary N) is 1. The molecule has 1 heterocycles. The summed E-state index contributed by atoms with van der Waals surface area (Å²) in [4.78, 5) is 30.7. The van der Waals surface area contributed by atoms with E-state index in [-0.39, 0.29) is 11.8 Å². The fraction of sp³-hybridized carbons (Fsp3) is 0.320. The Hall–Kier alpha value is -2.64. The minimum absolute atomic E-state index is 0.263. The predicted molar refractivity (Wildman–Crippen MR) is 132 cm³/mol. The van der Waals surface area contributed by atoms with Crippen molar-refractivity contribution >= 4 is 40.7 Å². The topological polar surface area (TPSA) is 68.3 Å². The number of hydrogen-bond donors (Lipinski definition) is 1. The molecule has 0 bridgehead atoms. The molecule has 1 aromatic heterocycles. The van der Waals surface area contributed by atoms with Crippen molar-refractivity contribution in [1.82, 2.24) is 4.98 Å². The van der Waals surface area contributed by atoms with Gasteiger partial charge in [-0.1, -0.05) is 32.0 Å². The summed E-state index contributed by atoms with van der Waals surface area (Å²) in [6, 6.07) is 13.1. The van der Waals surface area contributed by atoms with E-state index in [9.17, 15) is 9.59 Å². The number of esters is 1. The van der Waals surface area contributed by atoms with Gasteiger partial charge in [-0.05, 0) is 62.1 Å². The first-order valence-corrected chi connectivity index (χ1v) is 12.4. The Morgan fingerprint density at radius 1 is 1.09 bits per heavy atom. The van der Waals surface area contributed by atoms with Crippen LogP contribution in [0.1, 0.15) is 58.9 Å². The molecule has 0 spiro atoms. The van der Waals surface area contributed by atoms with Crippen molar-refractivity contribution < 1.29 is 14.3 Å². The number of thioether (sulfide) groups is 1. The van der Waals surface area contributed by atoms with Crippen LogP contribution in [0.3, 0.4) is 0 Å². The number of thiazole rings is 1. The molecule has 168 valence electrons. The molecule has 1 atom stereocenters. The Labute approximate surface area is 197 Å². The maximum atomic E-state index is 12.7. The lowest BCUT2D eigenvalue weighted by Crippen LogP contribution is -2.30. The number of ether oxygens (including phenoxy) is 1. The molecule has 0 aliphatic rings. The summed E-state index contributed by atoms with van der Waals surface area (Å²) in [6.07, 6.45) is -0.913. The molecule has 0 aliphatic carbocycles. The van der Waals surface area contributed by atoms with Crippen molar-refractivity contribution in [3.8, 4) is 0 Å². The number of hydrogen-bond acceptors (Lipinski definition) is 6. The van der Waals surface area contributed by atoms with Gasteiger partial charge in [0.25, 0.3) is 5.91 Å². The second-order valence-electron chi connectivity index (χ2n) is 7.90. The van der Waals surface area contributed by atoms with Crippen molar-refractivity contribution in [2.75, 3.05) is 5.32 Å². The highest BCUT2D eigenvalue weighted by molar-refractivity contribution is 7.98. The molecule has 1 unspecified atom stereocenters. The van der Waals surface area contributed by atoms with Crippen LogP contribution in [-0.4, -0.2) is 23.0 Å². The molecular weight excluding hydrogens is 440 g/mol. The number of para-hydroxylation sites is 1. The van der Waals surface area contributed by atoms with Crippen molar-refractivity contribution in [3.63, 3.8) is 0 Å². The maximum Gasteiger partial charge on any atom is 0.338 e. The fourth-order valence-corrected chi connectivity index (χ4v) is 4.68. The monoisotopic (exact) mass is 468 g/mol. The number of aromatic nitrogens is 1. The van der Waals surface area contributed by atoms with Gasteiger partial charge >= 0.3 is 5.97 Å². The molecule has 0 fully saturated rings. The second kappa shape index (κ2) is 10.8. The molecule has 3 aromatic rings. The Morgan fingerprint density at radius 2 is 1.81 bits per heavy atom. The van der Waals surface area contributed by atoms with Crippen LogP contribution >= 0.6 is 23.1 Å². The standard InChI is InChI=1S/C25H28N2O3S2/c1-15(2)22-8-6-7-16(3)23(22)27-24(28)17(4)30-25(29)19-9-11-21(12-10-19)32-14-20-13-31-18(5)26-20/h6-13,15,17H,14H2,1-5H3,(H,27,28). The van der Waals surface area contributed by atoms with Gasteiger partial charge in [0, 0.05) is 21.7 Å². The lowest BCUT2D eigenvalue weighted by molar-refractivity contribution is -0.123. The number of aryl methyl sites for hydroxylation is 2. The van der Waals surface area contributed by atoms with E-state index in [1.165, 1.54) is 0 Å². The molecule has 5 nitrogen and oxygen atoms in total. The van der Waals surface area contributed by atoms with Gasteiger partial charge in [-0.25, -0.2) is 9.78 Å². The van der Waals surface area contributed by atoms with E-state index in [2.05, 4.69) is 29.5 Å². The zero-order chi connectivity index (χ0) is 23.3. The molecule has 0 radical (unpaired) electrons. The summed E-state index contributed by atoms with van der Waals surface area (Å²) in [6.45, 7) is 9.68. The molecule has 0 aliphatic heterocycles. The minimum Gasteiger partial charge on any atom is -0.449 e. The molecule has 3 rings (SSSR count). The van der Waals surface area contributed by atoms with Crippen LogP contribution in [0, 0.1) is 13.8 Å². The van der Waals surface area contributed by atoms with Crippen LogP contribution in [0.2, 0.25) is 0 Å². The quantitative estimate of drug-likeness (QED) is 0.308. The Balaban J connectivity index is 1.57. The van der Waals surface area contributed by atoms with Crippen LogP contribution in [-0.2, 0) is 15.3 Å². The highest BCUT2D eigenvalue weighted by atomic mass is 32.2. The SMILES string of the molecule is Cc1nc(CSc2ccc(C(=O)OC(C)C(=O)Nc3c(C)cccc3C(C)C)cc2)cs1. The number of amides is 1. The summed E-state index contributed by atoms with van der Waals surface area (Å²) in [5.74, 6) is 0.176. The summed E-state index contributed by atoms with van der Waals surface area (Å²) >= 11 is 3.30. The number of benzene rings is 2. The normalized spacial score (nSPS) is 11.9. The average molecular weight is 469 g/mol. The van der Waals surface area contributed by atoms with Crippen molar-refractivity contribution in [2.45, 2.75) is 57.3 Å². The smallest absolute Gasteiger partial charge is 0.338 e. The third-order valence-corrected chi connectivity index (χ3v) is 6.84. The van der Waals surface area contributed by atoms with E-state index >= 15 is 0 Å². The summed E-state index contributed by atoms with van der Waals surface area (Å²) in [5.41, 5.74) is 4.28. The second-order valence-corrected chi connectivity index (χ2v) is 10.0. The van der Waals surface area contributed by atoms with Crippen LogP contribution < -0.4 is 5.32 Å². The van der Waals surface area contributed by atoms with E-state index in [4.69, 9.17) is 4.74 Å². The molecule has 7 heteroatoms. The molecule has 2 aromatic carbocycles. The van der Waals surface area contributed by atoms with E-state index in [0.717, 1.165) is 38.2 Å². The van der Waals surface area contributed by atoms with Gasteiger partial charge in [-0.15, -0.1) is 23.1 Å². The van der Waals surface area contributed by atoms with Crippen molar-refractivity contribution in [1.29, 1.82) is 0 Å². The lowest BCUT2D eigenvalue weighted by atomic mass is 9.98. The van der Waals surface area contributed by atoms with E-state index < -0.39 is 12.1 Å². The van der Waals surface area contributed by atoms with E-state index in [1.807, 2.05) is 44.2 Å². The van der Waals surface area contributed by atoms with Crippen molar-refractivity contribution in [3.05, 3.63) is 75.2 Å². The number of nitrogens with zero attached hydrogens (tertiary/aromatic N) is 1. The molecule has 1 N–H and O–H groups in total. The Kier molecular flexibility index (Phi) is 8.10. The van der Waals surface area contributed by atoms with Gasteiger partial charge in [0.1, 0.15) is 0 Å². The van der Waals surface area contributed by atoms with Gasteiger partial charge in [-0.2, -0.15) is 0 Å². The summed E-state index contributed by atoms with van der Waals surface area (Å²) in [7, 11) is 0. The minimum atomic E-state index is -0.913. The number of carbonyl (C=O) groups excluding carboxylic acids is 2. The van der Waals surface area contributed by atoms with Gasteiger partial charge in [-0.3, -0.25) is 4.79 Å². The predicted octanol–water partition coefficient (Wildman–Crippen LogP) is 6.36. The molecule has 0 saturated heterocycles. The van der Waals surface area contributed by atoms with Crippen LogP contribution in [0.15, 0.2) is 52.7 Å². The van der Waals surface area contributed by atoms with E-state index in [0.29, 0.717) is 5.56 Å². The molecule has 0 saturated carbocycles. The largest absolute Gasteiger partial charge is 0.449 e. The van der Waals surface area contributed by atoms with Crippen LogP contribution in [0.5, 0.6) is 0 Å². The zero-order valence-corrected chi connectivity index (χ0v) is 20.6. The van der Waals surface area contributed by atoms with Gasteiger partial charge in [0.2, 0.25) is 0 Å². The first-order chi connectivity index (χ1) is 15.2. The van der Waals surface area contributed by atoms with Gasteiger partial charge < -0.3 is 10.1 Å². The number of carbonyl (C=O) groups is 2. The van der Waals surface area contributed by atoms with Gasteiger partial charge in [0.05, 0.1) is 16.3 Å². The van der Waals surface area contributed by atoms with Crippen LogP contribution in [0.4, 0.5) is 5.69 Å². The van der Waals surface area contributed by atoms with E-state index in [1.54, 1.807) is 42.2 Å². The fourth-order valence-electron chi connectivity index (χ4n) is 3.17. The average Bonchev–Trinajstić information content (AvgIpc) is 3.18. The first kappa shape index (κ1) is 24.0. The molecule has 32 heavy (non-hydrogen) atoms. The summed E-state index contributed by atoms with van der Waals surface area (Å²) in [5, 5.41) is 6.05. The third-order valence-electron chi connectivity index (χ3n) is 4.97.